The van der Waals surface area contributed by atoms with Crippen molar-refractivity contribution in [2.45, 2.75) is 56.9 Å². The van der Waals surface area contributed by atoms with Gasteiger partial charge in [0.25, 0.3) is 5.56 Å². The van der Waals surface area contributed by atoms with Gasteiger partial charge in [-0.1, -0.05) is 55.9 Å². The highest BCUT2D eigenvalue weighted by atomic mass is 32.2. The average Bonchev–Trinajstić information content (AvgIpc) is 3.24. The van der Waals surface area contributed by atoms with Gasteiger partial charge < -0.3 is 14.4 Å². The Morgan fingerprint density at radius 3 is 2.66 bits per heavy atom. The zero-order valence-electron chi connectivity index (χ0n) is 20.4. The number of rotatable bonds is 6. The third-order valence-electron chi connectivity index (χ3n) is 6.67. The van der Waals surface area contributed by atoms with Crippen LogP contribution in [-0.2, 0) is 33.8 Å². The summed E-state index contributed by atoms with van der Waals surface area (Å²) in [5, 5.41) is 0.939. The van der Waals surface area contributed by atoms with Crippen LogP contribution in [0.2, 0.25) is 0 Å². The molecule has 186 valence electrons. The highest BCUT2D eigenvalue weighted by molar-refractivity contribution is 8.00. The van der Waals surface area contributed by atoms with Crippen molar-refractivity contribution in [2.75, 3.05) is 26.3 Å². The minimum atomic E-state index is -0.359. The highest BCUT2D eigenvalue weighted by Gasteiger charge is 2.30. The first-order valence-corrected chi connectivity index (χ1v) is 13.9. The smallest absolute Gasteiger partial charge is 0.263 e. The van der Waals surface area contributed by atoms with E-state index in [2.05, 4.69) is 13.8 Å². The number of nitrogens with zero attached hydrogens (tertiary/aromatic N) is 3. The van der Waals surface area contributed by atoms with Gasteiger partial charge in [0.2, 0.25) is 5.91 Å². The first kappa shape index (κ1) is 24.5. The second-order valence-corrected chi connectivity index (χ2v) is 11.8. The predicted molar refractivity (Wildman–Crippen MR) is 139 cm³/mol. The van der Waals surface area contributed by atoms with Crippen LogP contribution >= 0.6 is 23.1 Å². The van der Waals surface area contributed by atoms with Crippen LogP contribution in [0.1, 0.15) is 36.8 Å². The SMILES string of the molecule is CC(Sc1nc2sc3c(c2c(=O)n1Cc1ccccc1)CC(C(C)C)OC3)C(=O)N1CCOCC1. The number of hydrogen-bond acceptors (Lipinski definition) is 7. The molecule has 0 radical (unpaired) electrons. The second-order valence-electron chi connectivity index (χ2n) is 9.45. The lowest BCUT2D eigenvalue weighted by molar-refractivity contribution is -0.134. The van der Waals surface area contributed by atoms with Gasteiger partial charge in [-0.3, -0.25) is 14.2 Å². The van der Waals surface area contributed by atoms with Crippen LogP contribution in [-0.4, -0.2) is 58.0 Å². The number of thiophene rings is 1. The van der Waals surface area contributed by atoms with Gasteiger partial charge in [-0.15, -0.1) is 11.3 Å². The van der Waals surface area contributed by atoms with Crippen molar-refractivity contribution >= 4 is 39.2 Å². The Hall–Kier alpha value is -2.20. The van der Waals surface area contributed by atoms with Gasteiger partial charge in [0.1, 0.15) is 4.83 Å². The van der Waals surface area contributed by atoms with Gasteiger partial charge in [-0.2, -0.15) is 0 Å². The minimum absolute atomic E-state index is 0.0331. The lowest BCUT2D eigenvalue weighted by Crippen LogP contribution is -2.44. The Balaban J connectivity index is 1.55. The molecule has 2 atom stereocenters. The Labute approximate surface area is 213 Å². The van der Waals surface area contributed by atoms with E-state index in [-0.39, 0.29) is 22.8 Å². The van der Waals surface area contributed by atoms with Crippen LogP contribution in [0, 0.1) is 5.92 Å². The molecular formula is C26H31N3O4S2. The minimum Gasteiger partial charge on any atom is -0.378 e. The van der Waals surface area contributed by atoms with Crippen molar-refractivity contribution in [3.8, 4) is 0 Å². The molecule has 1 aromatic carbocycles. The van der Waals surface area contributed by atoms with Crippen molar-refractivity contribution in [1.29, 1.82) is 0 Å². The number of carbonyl (C=O) groups is 1. The van der Waals surface area contributed by atoms with Crippen LogP contribution < -0.4 is 5.56 Å². The number of fused-ring (bicyclic) bond motifs is 3. The van der Waals surface area contributed by atoms with E-state index in [9.17, 15) is 9.59 Å². The van der Waals surface area contributed by atoms with Gasteiger partial charge in [0, 0.05) is 24.4 Å². The summed E-state index contributed by atoms with van der Waals surface area (Å²) in [7, 11) is 0. The van der Waals surface area contributed by atoms with Gasteiger partial charge in [0.15, 0.2) is 5.16 Å². The number of morpholine rings is 1. The number of thioether (sulfide) groups is 1. The van der Waals surface area contributed by atoms with Crippen LogP contribution in [0.4, 0.5) is 0 Å². The lowest BCUT2D eigenvalue weighted by Gasteiger charge is -2.29. The second kappa shape index (κ2) is 10.4. The molecule has 4 heterocycles. The summed E-state index contributed by atoms with van der Waals surface area (Å²) >= 11 is 2.91. The van der Waals surface area contributed by atoms with E-state index >= 15 is 0 Å². The Bertz CT molecular complexity index is 1270. The summed E-state index contributed by atoms with van der Waals surface area (Å²) in [6, 6.07) is 9.94. The summed E-state index contributed by atoms with van der Waals surface area (Å²) < 4.78 is 13.2. The van der Waals surface area contributed by atoms with E-state index in [1.54, 1.807) is 15.9 Å². The molecular weight excluding hydrogens is 482 g/mol. The van der Waals surface area contributed by atoms with E-state index in [0.29, 0.717) is 55.9 Å². The predicted octanol–water partition coefficient (Wildman–Crippen LogP) is 3.94. The Morgan fingerprint density at radius 2 is 1.94 bits per heavy atom. The quantitative estimate of drug-likeness (QED) is 0.367. The largest absolute Gasteiger partial charge is 0.378 e. The Morgan fingerprint density at radius 1 is 1.20 bits per heavy atom. The zero-order chi connectivity index (χ0) is 24.5. The first-order valence-electron chi connectivity index (χ1n) is 12.2. The number of ether oxygens (including phenoxy) is 2. The molecule has 1 saturated heterocycles. The normalized spacial score (nSPS) is 19.2. The van der Waals surface area contributed by atoms with Gasteiger partial charge >= 0.3 is 0 Å². The van der Waals surface area contributed by atoms with Gasteiger partial charge in [-0.05, 0) is 24.0 Å². The van der Waals surface area contributed by atoms with Crippen molar-refractivity contribution in [3.63, 3.8) is 0 Å². The fourth-order valence-electron chi connectivity index (χ4n) is 4.61. The number of amides is 1. The summed E-state index contributed by atoms with van der Waals surface area (Å²) in [5.41, 5.74) is 2.08. The molecule has 0 aliphatic carbocycles. The van der Waals surface area contributed by atoms with E-state index in [1.165, 1.54) is 11.8 Å². The van der Waals surface area contributed by atoms with Crippen LogP contribution in [0.25, 0.3) is 10.2 Å². The summed E-state index contributed by atoms with van der Waals surface area (Å²) in [4.78, 5) is 35.7. The standard InChI is InChI=1S/C26H31N3O4S2/c1-16(2)20-13-19-21(15-33-20)35-23-22(19)25(31)29(14-18-7-5-4-6-8-18)26(27-23)34-17(3)24(30)28-9-11-32-12-10-28/h4-8,16-17,20H,9-15H2,1-3H3. The highest BCUT2D eigenvalue weighted by Crippen LogP contribution is 2.36. The van der Waals surface area contributed by atoms with Crippen molar-refractivity contribution in [1.82, 2.24) is 14.5 Å². The maximum Gasteiger partial charge on any atom is 0.263 e. The number of benzene rings is 1. The third-order valence-corrected chi connectivity index (χ3v) is 8.85. The number of hydrogen-bond donors (Lipinski definition) is 0. The maximum absolute atomic E-state index is 14.0. The molecule has 9 heteroatoms. The molecule has 2 aliphatic rings. The van der Waals surface area contributed by atoms with Gasteiger partial charge in [-0.25, -0.2) is 4.98 Å². The zero-order valence-corrected chi connectivity index (χ0v) is 22.0. The van der Waals surface area contributed by atoms with Crippen LogP contribution in [0.3, 0.4) is 0 Å². The molecule has 0 spiro atoms. The first-order chi connectivity index (χ1) is 16.9. The maximum atomic E-state index is 14.0. The number of aromatic nitrogens is 2. The molecule has 1 amide bonds. The van der Waals surface area contributed by atoms with E-state index in [1.807, 2.05) is 42.2 Å². The summed E-state index contributed by atoms with van der Waals surface area (Å²) in [6.45, 7) is 9.45. The fraction of sp³-hybridized carbons (Fsp3) is 0.500. The van der Waals surface area contributed by atoms with Crippen LogP contribution in [0.5, 0.6) is 0 Å². The van der Waals surface area contributed by atoms with E-state index in [4.69, 9.17) is 14.5 Å². The molecule has 7 nitrogen and oxygen atoms in total. The number of carbonyl (C=O) groups excluding carboxylic acids is 1. The lowest BCUT2D eigenvalue weighted by atomic mass is 9.96. The van der Waals surface area contributed by atoms with Crippen molar-refractivity contribution in [2.24, 2.45) is 5.92 Å². The molecule has 0 N–H and O–H groups in total. The molecule has 2 aliphatic heterocycles. The van der Waals surface area contributed by atoms with E-state index in [0.717, 1.165) is 27.3 Å². The van der Waals surface area contributed by atoms with Gasteiger partial charge in [0.05, 0.1) is 43.1 Å². The van der Waals surface area contributed by atoms with E-state index < -0.39 is 0 Å². The average molecular weight is 514 g/mol. The third kappa shape index (κ3) is 5.05. The molecule has 1 fully saturated rings. The molecule has 2 aromatic heterocycles. The molecule has 35 heavy (non-hydrogen) atoms. The molecule has 0 bridgehead atoms. The molecule has 2 unspecified atom stereocenters. The van der Waals surface area contributed by atoms with Crippen molar-refractivity contribution < 1.29 is 14.3 Å². The molecule has 3 aromatic rings. The molecule has 0 saturated carbocycles. The Kier molecular flexibility index (Phi) is 7.29. The summed E-state index contributed by atoms with van der Waals surface area (Å²) in [5.74, 6) is 0.428. The summed E-state index contributed by atoms with van der Waals surface area (Å²) in [6.07, 6.45) is 0.829. The monoisotopic (exact) mass is 513 g/mol. The van der Waals surface area contributed by atoms with Crippen LogP contribution in [0.15, 0.2) is 40.3 Å². The van der Waals surface area contributed by atoms with Crippen molar-refractivity contribution in [3.05, 3.63) is 56.7 Å². The fourth-order valence-corrected chi connectivity index (χ4v) is 6.77. The molecule has 5 rings (SSSR count). The topological polar surface area (TPSA) is 73.7 Å².